The average Bonchev–Trinajstić information content (AvgIpc) is 3.84. The van der Waals surface area contributed by atoms with E-state index >= 15 is 0 Å². The molecule has 1 spiro atoms. The maximum atomic E-state index is 5.10. The fraction of sp³-hybridized carbons (Fsp3) is 0.0392. The van der Waals surface area contributed by atoms with Gasteiger partial charge in [-0.2, -0.15) is 0 Å². The second-order valence-corrected chi connectivity index (χ2v) is 14.7. The van der Waals surface area contributed by atoms with Crippen LogP contribution in [0.2, 0.25) is 0 Å². The van der Waals surface area contributed by atoms with Gasteiger partial charge >= 0.3 is 0 Å². The molecule has 10 aromatic rings. The highest BCUT2D eigenvalue weighted by molar-refractivity contribution is 6.21. The number of benzene rings is 9. The Morgan fingerprint density at radius 3 is 1.79 bits per heavy atom. The number of aromatic nitrogens is 2. The summed E-state index contributed by atoms with van der Waals surface area (Å²) in [6.07, 6.45) is 0. The zero-order valence-electron chi connectivity index (χ0n) is 29.1. The van der Waals surface area contributed by atoms with E-state index in [0.717, 1.165) is 22.4 Å². The molecule has 0 saturated carbocycles. The molecule has 1 aromatic heterocycles. The first-order valence-electron chi connectivity index (χ1n) is 18.4. The Hall–Kier alpha value is -6.77. The summed E-state index contributed by atoms with van der Waals surface area (Å²) < 4.78 is 2.19. The SMILES string of the molecule is Cn1c(-c2ccccc2)nc2cc(-c3ccc4c5c(ccc4c3)-c3c(c4ccccc4c4ccccc34)C53c4ccccc4-c4ccccc43)ccc21. The van der Waals surface area contributed by atoms with Crippen molar-refractivity contribution in [2.24, 2.45) is 7.05 Å². The molecule has 12 rings (SSSR count). The zero-order chi connectivity index (χ0) is 34.8. The minimum atomic E-state index is -0.469. The Kier molecular flexibility index (Phi) is 5.67. The van der Waals surface area contributed by atoms with Crippen LogP contribution in [0.5, 0.6) is 0 Å². The fourth-order valence-corrected chi connectivity index (χ4v) is 10.1. The smallest absolute Gasteiger partial charge is 0.140 e. The van der Waals surface area contributed by atoms with Gasteiger partial charge in [0.1, 0.15) is 5.82 Å². The van der Waals surface area contributed by atoms with E-state index in [1.165, 1.54) is 88.0 Å². The van der Waals surface area contributed by atoms with Gasteiger partial charge in [0.15, 0.2) is 0 Å². The molecule has 0 bridgehead atoms. The van der Waals surface area contributed by atoms with E-state index in [0.29, 0.717) is 0 Å². The van der Waals surface area contributed by atoms with Crippen LogP contribution in [0.1, 0.15) is 22.3 Å². The molecule has 246 valence electrons. The molecule has 9 aromatic carbocycles. The third-order valence-corrected chi connectivity index (χ3v) is 12.2. The first-order valence-corrected chi connectivity index (χ1v) is 18.4. The third-order valence-electron chi connectivity index (χ3n) is 12.2. The van der Waals surface area contributed by atoms with E-state index in [2.05, 4.69) is 188 Å². The third kappa shape index (κ3) is 3.65. The highest BCUT2D eigenvalue weighted by Crippen LogP contribution is 2.66. The molecule has 2 nitrogen and oxygen atoms in total. The summed E-state index contributed by atoms with van der Waals surface area (Å²) in [5.74, 6) is 0.980. The molecule has 2 aliphatic rings. The number of hydrogen-bond acceptors (Lipinski definition) is 1. The number of imidazole rings is 1. The van der Waals surface area contributed by atoms with Crippen LogP contribution >= 0.6 is 0 Å². The Bertz CT molecular complexity index is 3140. The number of rotatable bonds is 2. The van der Waals surface area contributed by atoms with Crippen molar-refractivity contribution < 1.29 is 0 Å². The largest absolute Gasteiger partial charge is 0.327 e. The van der Waals surface area contributed by atoms with Crippen LogP contribution in [0.25, 0.3) is 88.1 Å². The Balaban J connectivity index is 1.16. The molecule has 0 aliphatic heterocycles. The number of hydrogen-bond donors (Lipinski definition) is 0. The number of aryl methyl sites for hydroxylation is 1. The van der Waals surface area contributed by atoms with Crippen LogP contribution < -0.4 is 0 Å². The van der Waals surface area contributed by atoms with Gasteiger partial charge < -0.3 is 4.57 Å². The van der Waals surface area contributed by atoms with E-state index in [-0.39, 0.29) is 0 Å². The van der Waals surface area contributed by atoms with Crippen molar-refractivity contribution in [2.45, 2.75) is 5.41 Å². The van der Waals surface area contributed by atoms with Gasteiger partial charge in [-0.3, -0.25) is 0 Å². The minimum absolute atomic E-state index is 0.469. The highest BCUT2D eigenvalue weighted by Gasteiger charge is 2.53. The van der Waals surface area contributed by atoms with E-state index in [1.807, 2.05) is 0 Å². The van der Waals surface area contributed by atoms with Crippen LogP contribution in [0.3, 0.4) is 0 Å². The molecular weight excluding hydrogens is 641 g/mol. The van der Waals surface area contributed by atoms with Crippen molar-refractivity contribution in [1.82, 2.24) is 9.55 Å². The molecular formula is C51H32N2. The quantitative estimate of drug-likeness (QED) is 0.167. The van der Waals surface area contributed by atoms with Crippen molar-refractivity contribution in [1.29, 1.82) is 0 Å². The van der Waals surface area contributed by atoms with Gasteiger partial charge in [0, 0.05) is 12.6 Å². The van der Waals surface area contributed by atoms with Crippen molar-refractivity contribution in [3.8, 4) is 44.8 Å². The monoisotopic (exact) mass is 672 g/mol. The van der Waals surface area contributed by atoms with Gasteiger partial charge in [-0.15, -0.1) is 0 Å². The molecule has 53 heavy (non-hydrogen) atoms. The van der Waals surface area contributed by atoms with Gasteiger partial charge in [-0.1, -0.05) is 158 Å². The standard InChI is InChI=1S/C51H32N2/c1-53-46-28-25-33(30-45(46)52-50(53)31-13-3-2-4-14-31)32-23-26-35-34(29-32)24-27-42-47-40-19-7-5-15-36(40)37-16-6-8-20-41(37)49(47)51(48(35)42)43-21-11-9-17-38(43)39-18-10-12-22-44(39)51/h2-30H,1H3. The Morgan fingerprint density at radius 2 is 1.04 bits per heavy atom. The van der Waals surface area contributed by atoms with E-state index < -0.39 is 5.41 Å². The lowest BCUT2D eigenvalue weighted by molar-refractivity contribution is 0.809. The lowest BCUT2D eigenvalue weighted by Gasteiger charge is -2.32. The first kappa shape index (κ1) is 28.9. The minimum Gasteiger partial charge on any atom is -0.327 e. The first-order chi connectivity index (χ1) is 26.2. The van der Waals surface area contributed by atoms with Crippen LogP contribution in [0.15, 0.2) is 176 Å². The van der Waals surface area contributed by atoms with Crippen LogP contribution in [-0.4, -0.2) is 9.55 Å². The second kappa shape index (κ2) is 10.4. The maximum absolute atomic E-state index is 5.10. The van der Waals surface area contributed by atoms with E-state index in [4.69, 9.17) is 4.98 Å². The normalized spacial score (nSPS) is 13.5. The lowest BCUT2D eigenvalue weighted by Crippen LogP contribution is -2.26. The van der Waals surface area contributed by atoms with Crippen molar-refractivity contribution in [3.63, 3.8) is 0 Å². The predicted molar refractivity (Wildman–Crippen MR) is 220 cm³/mol. The number of fused-ring (bicyclic) bond motifs is 18. The average molecular weight is 673 g/mol. The zero-order valence-corrected chi connectivity index (χ0v) is 29.1. The second-order valence-electron chi connectivity index (χ2n) is 14.7. The number of nitrogens with zero attached hydrogens (tertiary/aromatic N) is 2. The van der Waals surface area contributed by atoms with Gasteiger partial charge in [0.2, 0.25) is 0 Å². The summed E-state index contributed by atoms with van der Waals surface area (Å²) in [6.45, 7) is 0. The molecule has 0 N–H and O–H groups in total. The molecule has 0 atom stereocenters. The van der Waals surface area contributed by atoms with E-state index in [1.54, 1.807) is 0 Å². The molecule has 0 fully saturated rings. The maximum Gasteiger partial charge on any atom is 0.140 e. The van der Waals surface area contributed by atoms with Crippen LogP contribution in [0.4, 0.5) is 0 Å². The summed E-state index contributed by atoms with van der Waals surface area (Å²) in [4.78, 5) is 5.10. The highest BCUT2D eigenvalue weighted by atomic mass is 15.1. The lowest BCUT2D eigenvalue weighted by atomic mass is 9.68. The van der Waals surface area contributed by atoms with Gasteiger partial charge in [-0.05, 0) is 106 Å². The fourth-order valence-electron chi connectivity index (χ4n) is 10.1. The molecule has 0 unspecified atom stereocenters. The van der Waals surface area contributed by atoms with Crippen molar-refractivity contribution >= 4 is 43.4 Å². The van der Waals surface area contributed by atoms with Gasteiger partial charge in [0.05, 0.1) is 16.4 Å². The molecule has 2 heteroatoms. The van der Waals surface area contributed by atoms with Gasteiger partial charge in [-0.25, -0.2) is 4.98 Å². The Labute approximate surface area is 307 Å². The summed E-state index contributed by atoms with van der Waals surface area (Å²) in [5, 5.41) is 7.80. The summed E-state index contributed by atoms with van der Waals surface area (Å²) >= 11 is 0. The van der Waals surface area contributed by atoms with Crippen LogP contribution in [-0.2, 0) is 12.5 Å². The molecule has 2 aliphatic carbocycles. The Morgan fingerprint density at radius 1 is 0.434 bits per heavy atom. The molecule has 1 heterocycles. The van der Waals surface area contributed by atoms with Crippen molar-refractivity contribution in [3.05, 3.63) is 198 Å². The van der Waals surface area contributed by atoms with Crippen molar-refractivity contribution in [2.75, 3.05) is 0 Å². The molecule has 0 saturated heterocycles. The summed E-state index contributed by atoms with van der Waals surface area (Å²) in [6, 6.07) is 65.4. The topological polar surface area (TPSA) is 17.8 Å². The van der Waals surface area contributed by atoms with E-state index in [9.17, 15) is 0 Å². The molecule has 0 radical (unpaired) electrons. The summed E-state index contributed by atoms with van der Waals surface area (Å²) in [5.41, 5.74) is 16.0. The molecule has 0 amide bonds. The van der Waals surface area contributed by atoms with Crippen LogP contribution in [0, 0.1) is 0 Å². The predicted octanol–water partition coefficient (Wildman–Crippen LogP) is 12.7. The van der Waals surface area contributed by atoms with Gasteiger partial charge in [0.25, 0.3) is 0 Å². The summed E-state index contributed by atoms with van der Waals surface area (Å²) in [7, 11) is 2.10.